The third kappa shape index (κ3) is 4.85. The first-order valence-corrected chi connectivity index (χ1v) is 11.2. The second-order valence-corrected chi connectivity index (χ2v) is 9.27. The fraction of sp³-hybridized carbons (Fsp3) is 0.417. The predicted octanol–water partition coefficient (Wildman–Crippen LogP) is 2.26. The highest BCUT2D eigenvalue weighted by molar-refractivity contribution is 6.00. The number of nitriles is 1. The van der Waals surface area contributed by atoms with Crippen molar-refractivity contribution in [1.82, 2.24) is 19.9 Å². The SMILES string of the molecule is CC(C)(O)[C@H](F)CNC(=O)c1cnc(-c2ccc3cc(C#N)cnn23)cc1N[C@H]1C[C@H](CN)C1. The zero-order valence-corrected chi connectivity index (χ0v) is 19.1. The number of aromatic nitrogens is 3. The molecule has 0 radical (unpaired) electrons. The fourth-order valence-corrected chi connectivity index (χ4v) is 3.94. The molecule has 1 amide bonds. The number of alkyl halides is 1. The van der Waals surface area contributed by atoms with E-state index >= 15 is 0 Å². The van der Waals surface area contributed by atoms with E-state index in [1.54, 1.807) is 16.6 Å². The normalized spacial score (nSPS) is 18.7. The Morgan fingerprint density at radius 2 is 2.15 bits per heavy atom. The highest BCUT2D eigenvalue weighted by Gasteiger charge is 2.30. The summed E-state index contributed by atoms with van der Waals surface area (Å²) in [7, 11) is 0. The molecule has 3 heterocycles. The van der Waals surface area contributed by atoms with Gasteiger partial charge >= 0.3 is 0 Å². The molecule has 10 heteroatoms. The molecule has 0 aliphatic heterocycles. The molecule has 34 heavy (non-hydrogen) atoms. The van der Waals surface area contributed by atoms with E-state index in [2.05, 4.69) is 26.8 Å². The van der Waals surface area contributed by atoms with Crippen LogP contribution in [0.4, 0.5) is 10.1 Å². The molecule has 9 nitrogen and oxygen atoms in total. The Labute approximate surface area is 196 Å². The van der Waals surface area contributed by atoms with E-state index in [1.165, 1.54) is 26.2 Å². The second-order valence-electron chi connectivity index (χ2n) is 9.27. The van der Waals surface area contributed by atoms with Gasteiger partial charge in [-0.15, -0.1) is 0 Å². The first kappa shape index (κ1) is 23.6. The summed E-state index contributed by atoms with van der Waals surface area (Å²) in [5.74, 6) is -0.0387. The van der Waals surface area contributed by atoms with Crippen molar-refractivity contribution in [3.05, 3.63) is 47.8 Å². The van der Waals surface area contributed by atoms with Gasteiger partial charge in [-0.2, -0.15) is 10.4 Å². The number of pyridine rings is 1. The van der Waals surface area contributed by atoms with Crippen LogP contribution in [0.25, 0.3) is 16.9 Å². The van der Waals surface area contributed by atoms with E-state index in [1.807, 2.05) is 12.1 Å². The van der Waals surface area contributed by atoms with E-state index in [0.29, 0.717) is 35.1 Å². The van der Waals surface area contributed by atoms with E-state index in [-0.39, 0.29) is 18.2 Å². The summed E-state index contributed by atoms with van der Waals surface area (Å²) in [5.41, 5.74) is 7.53. The number of carbonyl (C=O) groups excluding carboxylic acids is 1. The number of fused-ring (bicyclic) bond motifs is 1. The molecule has 1 aliphatic rings. The van der Waals surface area contributed by atoms with Gasteiger partial charge in [0.15, 0.2) is 0 Å². The first-order chi connectivity index (χ1) is 16.2. The maximum atomic E-state index is 14.2. The Bertz CT molecular complexity index is 1240. The van der Waals surface area contributed by atoms with Gasteiger partial charge in [0.1, 0.15) is 12.2 Å². The number of hydrogen-bond acceptors (Lipinski definition) is 7. The standard InChI is InChI=1S/C24H28FN7O2/c1-24(2,34)22(25)13-29-23(33)18-12-28-20(8-19(18)31-16-5-14(6-16)9-26)21-4-3-17-7-15(10-27)11-30-32(17)21/h3-4,7-8,11-12,14,16,22,34H,5-6,9,13,26H2,1-2H3,(H,28,31)(H,29,33)/t14-,16-,22-/m1/s1. The van der Waals surface area contributed by atoms with Crippen LogP contribution in [0.5, 0.6) is 0 Å². The lowest BCUT2D eigenvalue weighted by molar-refractivity contribution is -0.00177. The highest BCUT2D eigenvalue weighted by atomic mass is 19.1. The van der Waals surface area contributed by atoms with Gasteiger partial charge in [0.05, 0.1) is 52.1 Å². The van der Waals surface area contributed by atoms with Crippen LogP contribution in [0.15, 0.2) is 36.7 Å². The molecule has 178 valence electrons. The molecule has 1 fully saturated rings. The number of aliphatic hydroxyl groups is 1. The van der Waals surface area contributed by atoms with E-state index < -0.39 is 17.7 Å². The maximum absolute atomic E-state index is 14.2. The molecular formula is C24H28FN7O2. The quantitative estimate of drug-likeness (QED) is 0.400. The lowest BCUT2D eigenvalue weighted by Crippen LogP contribution is -2.42. The third-order valence-corrected chi connectivity index (χ3v) is 6.18. The van der Waals surface area contributed by atoms with Crippen LogP contribution in [-0.2, 0) is 0 Å². The molecule has 0 aromatic carbocycles. The topological polar surface area (TPSA) is 141 Å². The van der Waals surface area contributed by atoms with Crippen molar-refractivity contribution >= 4 is 17.1 Å². The maximum Gasteiger partial charge on any atom is 0.255 e. The second kappa shape index (κ2) is 9.37. The Morgan fingerprint density at radius 1 is 1.38 bits per heavy atom. The van der Waals surface area contributed by atoms with Gasteiger partial charge in [-0.1, -0.05) is 0 Å². The van der Waals surface area contributed by atoms with Crippen LogP contribution in [0.2, 0.25) is 0 Å². The zero-order chi connectivity index (χ0) is 24.5. The molecule has 0 unspecified atom stereocenters. The van der Waals surface area contributed by atoms with Crippen LogP contribution in [-0.4, -0.2) is 56.5 Å². The monoisotopic (exact) mass is 465 g/mol. The number of rotatable bonds is 8. The summed E-state index contributed by atoms with van der Waals surface area (Å²) < 4.78 is 15.8. The van der Waals surface area contributed by atoms with E-state index in [0.717, 1.165) is 18.4 Å². The van der Waals surface area contributed by atoms with Gasteiger partial charge in [-0.3, -0.25) is 9.78 Å². The Morgan fingerprint density at radius 3 is 2.82 bits per heavy atom. The average molecular weight is 466 g/mol. The molecule has 1 saturated carbocycles. The zero-order valence-electron chi connectivity index (χ0n) is 19.1. The minimum absolute atomic E-state index is 0.168. The number of nitrogens with one attached hydrogen (secondary N) is 2. The van der Waals surface area contributed by atoms with Crippen molar-refractivity contribution in [1.29, 1.82) is 5.26 Å². The lowest BCUT2D eigenvalue weighted by Gasteiger charge is -2.36. The number of nitrogens with zero attached hydrogens (tertiary/aromatic N) is 4. The van der Waals surface area contributed by atoms with Crippen molar-refractivity contribution < 1.29 is 14.3 Å². The molecule has 3 aromatic rings. The van der Waals surface area contributed by atoms with Crippen LogP contribution in [0, 0.1) is 17.2 Å². The molecule has 1 aliphatic carbocycles. The van der Waals surface area contributed by atoms with Crippen molar-refractivity contribution in [3.8, 4) is 17.5 Å². The molecular weight excluding hydrogens is 437 g/mol. The van der Waals surface area contributed by atoms with E-state index in [4.69, 9.17) is 11.0 Å². The molecule has 4 rings (SSSR count). The summed E-state index contributed by atoms with van der Waals surface area (Å²) in [4.78, 5) is 17.3. The Balaban J connectivity index is 1.63. The molecule has 3 aromatic heterocycles. The molecule has 1 atom stereocenters. The lowest BCUT2D eigenvalue weighted by atomic mass is 9.80. The minimum atomic E-state index is -1.62. The molecule has 5 N–H and O–H groups in total. The molecule has 0 bridgehead atoms. The van der Waals surface area contributed by atoms with Crippen molar-refractivity contribution in [2.75, 3.05) is 18.4 Å². The van der Waals surface area contributed by atoms with E-state index in [9.17, 15) is 14.3 Å². The number of hydrogen-bond donors (Lipinski definition) is 4. The summed E-state index contributed by atoms with van der Waals surface area (Å²) in [6.45, 7) is 3.01. The summed E-state index contributed by atoms with van der Waals surface area (Å²) >= 11 is 0. The van der Waals surface area contributed by atoms with Gasteiger partial charge in [0.25, 0.3) is 5.91 Å². The number of nitrogens with two attached hydrogens (primary N) is 1. The first-order valence-electron chi connectivity index (χ1n) is 11.2. The number of anilines is 1. The summed E-state index contributed by atoms with van der Waals surface area (Å²) in [5, 5.41) is 29.2. The third-order valence-electron chi connectivity index (χ3n) is 6.18. The van der Waals surface area contributed by atoms with Crippen molar-refractivity contribution in [2.45, 2.75) is 44.5 Å². The van der Waals surface area contributed by atoms with Crippen molar-refractivity contribution in [2.24, 2.45) is 11.7 Å². The van der Waals surface area contributed by atoms with Gasteiger partial charge in [-0.25, -0.2) is 8.91 Å². The van der Waals surface area contributed by atoms with Crippen LogP contribution in [0.1, 0.15) is 42.6 Å². The van der Waals surface area contributed by atoms with Gasteiger partial charge in [0.2, 0.25) is 0 Å². The largest absolute Gasteiger partial charge is 0.387 e. The minimum Gasteiger partial charge on any atom is -0.387 e. The molecule has 0 saturated heterocycles. The highest BCUT2D eigenvalue weighted by Crippen LogP contribution is 2.32. The number of amides is 1. The van der Waals surface area contributed by atoms with Gasteiger partial charge in [-0.05, 0) is 63.4 Å². The van der Waals surface area contributed by atoms with Crippen LogP contribution < -0.4 is 16.4 Å². The predicted molar refractivity (Wildman–Crippen MR) is 126 cm³/mol. The van der Waals surface area contributed by atoms with Crippen molar-refractivity contribution in [3.63, 3.8) is 0 Å². The van der Waals surface area contributed by atoms with Crippen LogP contribution >= 0.6 is 0 Å². The number of halogens is 1. The van der Waals surface area contributed by atoms with Gasteiger partial charge in [0, 0.05) is 12.2 Å². The Kier molecular flexibility index (Phi) is 6.50. The summed E-state index contributed by atoms with van der Waals surface area (Å²) in [6.07, 6.45) is 3.11. The van der Waals surface area contributed by atoms with Gasteiger partial charge < -0.3 is 21.5 Å². The fourth-order valence-electron chi connectivity index (χ4n) is 3.94. The average Bonchev–Trinajstić information content (AvgIpc) is 3.21. The molecule has 0 spiro atoms. The number of carbonyl (C=O) groups is 1. The Hall–Kier alpha value is -3.55. The smallest absolute Gasteiger partial charge is 0.255 e. The summed E-state index contributed by atoms with van der Waals surface area (Å²) in [6, 6.07) is 9.43. The van der Waals surface area contributed by atoms with Crippen LogP contribution in [0.3, 0.4) is 0 Å².